The highest BCUT2D eigenvalue weighted by Gasteiger charge is 2.11. The van der Waals surface area contributed by atoms with Crippen molar-refractivity contribution < 1.29 is 14.6 Å². The van der Waals surface area contributed by atoms with Crippen LogP contribution < -0.4 is 4.74 Å². The Balaban J connectivity index is 2.30. The molecule has 6 heteroatoms. The maximum atomic E-state index is 10.9. The number of carboxylic acids is 1. The Labute approximate surface area is 102 Å². The van der Waals surface area contributed by atoms with Gasteiger partial charge in [-0.1, -0.05) is 11.6 Å². The van der Waals surface area contributed by atoms with Gasteiger partial charge in [-0.3, -0.25) is 4.98 Å². The molecule has 0 saturated heterocycles. The van der Waals surface area contributed by atoms with Gasteiger partial charge in [-0.05, 0) is 12.1 Å². The highest BCUT2D eigenvalue weighted by atomic mass is 35.5. The molecule has 0 aromatic carbocycles. The zero-order chi connectivity index (χ0) is 12.3. The molecule has 0 spiro atoms. The molecular weight excluding hydrogens is 244 g/mol. The van der Waals surface area contributed by atoms with E-state index < -0.39 is 5.97 Å². The van der Waals surface area contributed by atoms with Crippen molar-refractivity contribution in [3.8, 4) is 11.6 Å². The Morgan fingerprint density at radius 1 is 1.29 bits per heavy atom. The molecule has 5 nitrogen and oxygen atoms in total. The van der Waals surface area contributed by atoms with Gasteiger partial charge in [0.1, 0.15) is 5.56 Å². The molecule has 0 unspecified atom stereocenters. The number of nitrogens with zero attached hydrogens (tertiary/aromatic N) is 2. The summed E-state index contributed by atoms with van der Waals surface area (Å²) in [6.45, 7) is 0. The zero-order valence-corrected chi connectivity index (χ0v) is 9.26. The summed E-state index contributed by atoms with van der Waals surface area (Å²) >= 11 is 5.67. The van der Waals surface area contributed by atoms with Crippen molar-refractivity contribution in [2.45, 2.75) is 0 Å². The fourth-order valence-electron chi connectivity index (χ4n) is 1.17. The molecule has 0 fully saturated rings. The molecular formula is C11H7ClN2O3. The average molecular weight is 251 g/mol. The van der Waals surface area contributed by atoms with Crippen LogP contribution in [0.3, 0.4) is 0 Å². The summed E-state index contributed by atoms with van der Waals surface area (Å²) in [5.41, 5.74) is 0.0248. The highest BCUT2D eigenvalue weighted by Crippen LogP contribution is 2.23. The van der Waals surface area contributed by atoms with E-state index in [0.717, 1.165) is 0 Å². The van der Waals surface area contributed by atoms with E-state index in [1.807, 2.05) is 0 Å². The third-order valence-electron chi connectivity index (χ3n) is 1.93. The number of carboxylic acid groups (broad SMARTS) is 1. The average Bonchev–Trinajstić information content (AvgIpc) is 2.32. The number of rotatable bonds is 3. The number of aromatic carboxylic acids is 1. The van der Waals surface area contributed by atoms with Gasteiger partial charge in [0, 0.05) is 18.5 Å². The van der Waals surface area contributed by atoms with Crippen molar-refractivity contribution >= 4 is 17.6 Å². The summed E-state index contributed by atoms with van der Waals surface area (Å²) in [6.07, 6.45) is 4.11. The van der Waals surface area contributed by atoms with Gasteiger partial charge in [0.05, 0.1) is 11.2 Å². The second-order valence-electron chi connectivity index (χ2n) is 3.09. The smallest absolute Gasteiger partial charge is 0.339 e. The molecule has 0 bridgehead atoms. The number of pyridine rings is 2. The second-order valence-corrected chi connectivity index (χ2v) is 3.53. The van der Waals surface area contributed by atoms with Crippen LogP contribution in [0.5, 0.6) is 11.6 Å². The molecule has 0 aliphatic carbocycles. The van der Waals surface area contributed by atoms with Crippen LogP contribution in [0, 0.1) is 0 Å². The lowest BCUT2D eigenvalue weighted by Crippen LogP contribution is -2.00. The topological polar surface area (TPSA) is 72.3 Å². The van der Waals surface area contributed by atoms with Gasteiger partial charge in [0.2, 0.25) is 5.88 Å². The molecule has 0 radical (unpaired) electrons. The predicted octanol–water partition coefficient (Wildman–Crippen LogP) is 2.62. The quantitative estimate of drug-likeness (QED) is 0.907. The molecule has 0 atom stereocenters. The van der Waals surface area contributed by atoms with Crippen molar-refractivity contribution in [3.05, 3.63) is 47.4 Å². The number of ether oxygens (including phenoxy) is 1. The molecule has 2 heterocycles. The largest absolute Gasteiger partial charge is 0.478 e. The number of halogens is 1. The van der Waals surface area contributed by atoms with Crippen LogP contribution in [0.15, 0.2) is 36.8 Å². The van der Waals surface area contributed by atoms with Gasteiger partial charge < -0.3 is 9.84 Å². The lowest BCUT2D eigenvalue weighted by molar-refractivity contribution is 0.0694. The predicted molar refractivity (Wildman–Crippen MR) is 60.5 cm³/mol. The van der Waals surface area contributed by atoms with Gasteiger partial charge in [-0.25, -0.2) is 9.78 Å². The van der Waals surface area contributed by atoms with E-state index in [1.54, 1.807) is 12.1 Å². The summed E-state index contributed by atoms with van der Waals surface area (Å²) in [5.74, 6) is -0.698. The first-order chi connectivity index (χ1) is 8.16. The van der Waals surface area contributed by atoms with E-state index in [-0.39, 0.29) is 17.2 Å². The Hall–Kier alpha value is -2.14. The van der Waals surface area contributed by atoms with Crippen LogP contribution in [-0.2, 0) is 0 Å². The Morgan fingerprint density at radius 3 is 2.76 bits per heavy atom. The van der Waals surface area contributed by atoms with E-state index >= 15 is 0 Å². The summed E-state index contributed by atoms with van der Waals surface area (Å²) < 4.78 is 5.31. The fraction of sp³-hybridized carbons (Fsp3) is 0. The summed E-state index contributed by atoms with van der Waals surface area (Å²) in [7, 11) is 0. The third-order valence-corrected chi connectivity index (χ3v) is 2.15. The molecule has 86 valence electrons. The monoisotopic (exact) mass is 250 g/mol. The first-order valence-electron chi connectivity index (χ1n) is 4.63. The minimum absolute atomic E-state index is 0.0248. The highest BCUT2D eigenvalue weighted by molar-refractivity contribution is 6.30. The third kappa shape index (κ3) is 2.70. The van der Waals surface area contributed by atoms with Crippen molar-refractivity contribution in [1.82, 2.24) is 9.97 Å². The minimum atomic E-state index is -1.09. The van der Waals surface area contributed by atoms with Crippen molar-refractivity contribution in [2.75, 3.05) is 0 Å². The number of carbonyl (C=O) groups is 1. The molecule has 17 heavy (non-hydrogen) atoms. The summed E-state index contributed by atoms with van der Waals surface area (Å²) in [4.78, 5) is 18.6. The van der Waals surface area contributed by atoms with Crippen LogP contribution in [-0.4, -0.2) is 21.0 Å². The number of aromatic nitrogens is 2. The molecule has 0 aliphatic heterocycles. The summed E-state index contributed by atoms with van der Waals surface area (Å²) in [5, 5.41) is 9.41. The van der Waals surface area contributed by atoms with Crippen LogP contribution in [0.2, 0.25) is 5.02 Å². The van der Waals surface area contributed by atoms with Crippen LogP contribution in [0.1, 0.15) is 10.4 Å². The second kappa shape index (κ2) is 4.80. The zero-order valence-electron chi connectivity index (χ0n) is 8.50. The molecule has 1 N–H and O–H groups in total. The van der Waals surface area contributed by atoms with Crippen LogP contribution in [0.25, 0.3) is 0 Å². The normalized spacial score (nSPS) is 9.94. The van der Waals surface area contributed by atoms with Gasteiger partial charge in [0.15, 0.2) is 5.75 Å². The number of hydrogen-bond acceptors (Lipinski definition) is 4. The fourth-order valence-corrected chi connectivity index (χ4v) is 1.29. The number of hydrogen-bond donors (Lipinski definition) is 1. The Kier molecular flexibility index (Phi) is 3.20. The van der Waals surface area contributed by atoms with Gasteiger partial charge in [0.25, 0.3) is 0 Å². The molecule has 0 saturated carbocycles. The molecule has 2 rings (SSSR count). The van der Waals surface area contributed by atoms with Crippen molar-refractivity contribution in [1.29, 1.82) is 0 Å². The van der Waals surface area contributed by atoms with Crippen LogP contribution in [0.4, 0.5) is 0 Å². The molecule has 0 amide bonds. The van der Waals surface area contributed by atoms with Gasteiger partial charge in [-0.2, -0.15) is 0 Å². The molecule has 2 aromatic rings. The molecule has 0 aliphatic rings. The minimum Gasteiger partial charge on any atom is -0.478 e. The Morgan fingerprint density at radius 2 is 2.12 bits per heavy atom. The van der Waals surface area contributed by atoms with Gasteiger partial charge in [-0.15, -0.1) is 0 Å². The first kappa shape index (κ1) is 11.3. The van der Waals surface area contributed by atoms with E-state index in [9.17, 15) is 4.79 Å². The first-order valence-corrected chi connectivity index (χ1v) is 5.01. The lowest BCUT2D eigenvalue weighted by Gasteiger charge is -2.06. The SMILES string of the molecule is O=C(O)c1ccncc1Oc1ccc(Cl)cn1. The van der Waals surface area contributed by atoms with E-state index in [0.29, 0.717) is 5.02 Å². The summed E-state index contributed by atoms with van der Waals surface area (Å²) in [6, 6.07) is 4.50. The van der Waals surface area contributed by atoms with Crippen molar-refractivity contribution in [2.24, 2.45) is 0 Å². The lowest BCUT2D eigenvalue weighted by atomic mass is 10.2. The molecule has 2 aromatic heterocycles. The Bertz CT molecular complexity index is 543. The van der Waals surface area contributed by atoms with E-state index in [4.69, 9.17) is 21.4 Å². The maximum Gasteiger partial charge on any atom is 0.339 e. The maximum absolute atomic E-state index is 10.9. The van der Waals surface area contributed by atoms with E-state index in [1.165, 1.54) is 24.7 Å². The van der Waals surface area contributed by atoms with Crippen molar-refractivity contribution in [3.63, 3.8) is 0 Å². The van der Waals surface area contributed by atoms with Crippen LogP contribution >= 0.6 is 11.6 Å². The standard InChI is InChI=1S/C11H7ClN2O3/c12-7-1-2-10(14-5-7)17-9-6-13-4-3-8(9)11(15)16/h1-6H,(H,15,16). The van der Waals surface area contributed by atoms with E-state index in [2.05, 4.69) is 9.97 Å². The van der Waals surface area contributed by atoms with Gasteiger partial charge >= 0.3 is 5.97 Å².